The Morgan fingerprint density at radius 3 is 2.61 bits per heavy atom. The molecule has 0 saturated heterocycles. The lowest BCUT2D eigenvalue weighted by Crippen LogP contribution is -2.32. The lowest BCUT2D eigenvalue weighted by atomic mass is 10.3. The number of carbonyl (C=O) groups is 2. The molecule has 0 aliphatic rings. The highest BCUT2D eigenvalue weighted by molar-refractivity contribution is 9.10. The van der Waals surface area contributed by atoms with Gasteiger partial charge in [0.1, 0.15) is 0 Å². The average molecular weight is 397 g/mol. The van der Waals surface area contributed by atoms with Crippen LogP contribution in [0.4, 0.5) is 10.7 Å². The lowest BCUT2D eigenvalue weighted by molar-refractivity contribution is -0.380. The summed E-state index contributed by atoms with van der Waals surface area (Å²) in [6.07, 6.45) is 1.22. The van der Waals surface area contributed by atoms with Gasteiger partial charge in [-0.3, -0.25) is 19.7 Å². The van der Waals surface area contributed by atoms with Crippen molar-refractivity contribution in [1.82, 2.24) is 5.43 Å². The Bertz CT molecular complexity index is 790. The summed E-state index contributed by atoms with van der Waals surface area (Å²) in [5.74, 6) is -1.84. The van der Waals surface area contributed by atoms with Crippen molar-refractivity contribution >= 4 is 56.0 Å². The first-order chi connectivity index (χ1) is 11.0. The van der Waals surface area contributed by atoms with Crippen molar-refractivity contribution in [2.75, 3.05) is 5.32 Å². The highest BCUT2D eigenvalue weighted by Crippen LogP contribution is 2.22. The van der Waals surface area contributed by atoms with E-state index in [1.165, 1.54) is 18.3 Å². The summed E-state index contributed by atoms with van der Waals surface area (Å²) in [7, 11) is 0. The van der Waals surface area contributed by atoms with E-state index in [0.717, 1.165) is 11.3 Å². The molecule has 0 fully saturated rings. The Labute approximate surface area is 142 Å². The van der Waals surface area contributed by atoms with Crippen molar-refractivity contribution in [3.05, 3.63) is 55.9 Å². The van der Waals surface area contributed by atoms with Crippen LogP contribution in [-0.2, 0) is 9.59 Å². The fourth-order valence-corrected chi connectivity index (χ4v) is 2.53. The van der Waals surface area contributed by atoms with Gasteiger partial charge in [-0.25, -0.2) is 5.43 Å². The molecular weight excluding hydrogens is 388 g/mol. The van der Waals surface area contributed by atoms with Gasteiger partial charge >= 0.3 is 16.8 Å². The van der Waals surface area contributed by atoms with Gasteiger partial charge in [0.25, 0.3) is 0 Å². The van der Waals surface area contributed by atoms with E-state index >= 15 is 0 Å². The quantitative estimate of drug-likeness (QED) is 0.357. The van der Waals surface area contributed by atoms with Gasteiger partial charge in [0.05, 0.1) is 21.7 Å². The van der Waals surface area contributed by atoms with E-state index < -0.39 is 16.7 Å². The number of hydrazone groups is 1. The average Bonchev–Trinajstić information content (AvgIpc) is 2.98. The number of hydrogen-bond acceptors (Lipinski definition) is 6. The second-order valence-electron chi connectivity index (χ2n) is 4.07. The number of anilines is 1. The number of para-hydroxylation sites is 1. The number of hydrogen-bond donors (Lipinski definition) is 2. The fraction of sp³-hybridized carbons (Fsp3) is 0. The van der Waals surface area contributed by atoms with Crippen molar-refractivity contribution in [3.63, 3.8) is 0 Å². The summed E-state index contributed by atoms with van der Waals surface area (Å²) >= 11 is 4.14. The number of amides is 2. The Balaban J connectivity index is 1.91. The van der Waals surface area contributed by atoms with E-state index in [4.69, 9.17) is 0 Å². The number of halogens is 1. The molecule has 0 unspecified atom stereocenters. The maximum Gasteiger partial charge on any atom is 0.329 e. The van der Waals surface area contributed by atoms with Crippen LogP contribution in [0.2, 0.25) is 0 Å². The van der Waals surface area contributed by atoms with Gasteiger partial charge in [0.15, 0.2) is 0 Å². The van der Waals surface area contributed by atoms with E-state index in [2.05, 4.69) is 26.3 Å². The van der Waals surface area contributed by atoms with Crippen molar-refractivity contribution in [3.8, 4) is 0 Å². The molecule has 1 heterocycles. The van der Waals surface area contributed by atoms with Gasteiger partial charge in [-0.05, 0) is 34.1 Å². The van der Waals surface area contributed by atoms with Crippen LogP contribution < -0.4 is 10.7 Å². The van der Waals surface area contributed by atoms with E-state index in [0.29, 0.717) is 15.0 Å². The molecule has 0 atom stereocenters. The zero-order valence-corrected chi connectivity index (χ0v) is 13.8. The van der Waals surface area contributed by atoms with Crippen molar-refractivity contribution < 1.29 is 14.5 Å². The Morgan fingerprint density at radius 1 is 1.22 bits per heavy atom. The molecule has 2 N–H and O–H groups in total. The number of benzene rings is 1. The maximum absolute atomic E-state index is 11.7. The minimum atomic E-state index is -0.956. The smallest absolute Gasteiger partial charge is 0.317 e. The number of nitrogens with one attached hydrogen (secondary N) is 2. The summed E-state index contributed by atoms with van der Waals surface area (Å²) in [4.78, 5) is 33.8. The van der Waals surface area contributed by atoms with Gasteiger partial charge in [-0.1, -0.05) is 23.5 Å². The first-order valence-corrected chi connectivity index (χ1v) is 7.71. The van der Waals surface area contributed by atoms with Gasteiger partial charge in [0, 0.05) is 10.5 Å². The predicted molar refractivity (Wildman–Crippen MR) is 89.5 cm³/mol. The topological polar surface area (TPSA) is 114 Å². The van der Waals surface area contributed by atoms with Crippen LogP contribution in [0.25, 0.3) is 0 Å². The van der Waals surface area contributed by atoms with Crippen LogP contribution in [0.1, 0.15) is 4.88 Å². The Morgan fingerprint density at radius 2 is 1.96 bits per heavy atom. The van der Waals surface area contributed by atoms with Gasteiger partial charge < -0.3 is 5.32 Å². The molecule has 0 radical (unpaired) electrons. The standard InChI is InChI=1S/C13H9BrN4O4S/c14-9-3-1-2-4-10(9)16-12(19)13(20)17-15-7-8-5-6-11(23-8)18(21)22/h1-7H,(H,16,19)(H,17,20)/b15-7-. The second kappa shape index (κ2) is 7.61. The molecule has 1 aromatic carbocycles. The lowest BCUT2D eigenvalue weighted by Gasteiger charge is -2.05. The van der Waals surface area contributed by atoms with Gasteiger partial charge in [-0.15, -0.1) is 0 Å². The van der Waals surface area contributed by atoms with E-state index in [-0.39, 0.29) is 5.00 Å². The van der Waals surface area contributed by atoms with Crippen LogP contribution in [-0.4, -0.2) is 23.0 Å². The third-order valence-electron chi connectivity index (χ3n) is 2.48. The highest BCUT2D eigenvalue weighted by Gasteiger charge is 2.14. The van der Waals surface area contributed by atoms with Crippen LogP contribution in [0.5, 0.6) is 0 Å². The molecule has 0 saturated carbocycles. The summed E-state index contributed by atoms with van der Waals surface area (Å²) in [6, 6.07) is 9.64. The van der Waals surface area contributed by atoms with Gasteiger partial charge in [0.2, 0.25) is 0 Å². The Kier molecular flexibility index (Phi) is 5.55. The van der Waals surface area contributed by atoms with Crippen LogP contribution >= 0.6 is 27.3 Å². The molecule has 10 heteroatoms. The van der Waals surface area contributed by atoms with E-state index in [1.54, 1.807) is 24.3 Å². The molecule has 0 aliphatic heterocycles. The number of thiophene rings is 1. The molecule has 0 spiro atoms. The minimum Gasteiger partial charge on any atom is -0.317 e. The number of carbonyl (C=O) groups excluding carboxylic acids is 2. The minimum absolute atomic E-state index is 0.0375. The largest absolute Gasteiger partial charge is 0.329 e. The molecule has 2 amide bonds. The molecule has 8 nitrogen and oxygen atoms in total. The van der Waals surface area contributed by atoms with E-state index in [1.807, 2.05) is 5.43 Å². The molecule has 0 aliphatic carbocycles. The molecule has 23 heavy (non-hydrogen) atoms. The van der Waals surface area contributed by atoms with Crippen molar-refractivity contribution in [1.29, 1.82) is 0 Å². The third kappa shape index (κ3) is 4.69. The fourth-order valence-electron chi connectivity index (χ4n) is 1.46. The van der Waals surface area contributed by atoms with Crippen LogP contribution in [0.15, 0.2) is 46.0 Å². The highest BCUT2D eigenvalue weighted by atomic mass is 79.9. The summed E-state index contributed by atoms with van der Waals surface area (Å²) in [5.41, 5.74) is 2.50. The zero-order chi connectivity index (χ0) is 16.8. The van der Waals surface area contributed by atoms with Crippen molar-refractivity contribution in [2.24, 2.45) is 5.10 Å². The van der Waals surface area contributed by atoms with Crippen LogP contribution in [0, 0.1) is 10.1 Å². The summed E-state index contributed by atoms with van der Waals surface area (Å²) in [5, 5.41) is 16.5. The molecule has 118 valence electrons. The first kappa shape index (κ1) is 16.8. The zero-order valence-electron chi connectivity index (χ0n) is 11.4. The summed E-state index contributed by atoms with van der Waals surface area (Å²) in [6.45, 7) is 0. The van der Waals surface area contributed by atoms with Gasteiger partial charge in [-0.2, -0.15) is 5.10 Å². The summed E-state index contributed by atoms with van der Waals surface area (Å²) < 4.78 is 0.635. The molecule has 2 aromatic rings. The Hall–Kier alpha value is -2.59. The molecule has 0 bridgehead atoms. The molecular formula is C13H9BrN4O4S. The molecule has 2 rings (SSSR count). The second-order valence-corrected chi connectivity index (χ2v) is 6.01. The monoisotopic (exact) mass is 396 g/mol. The SMILES string of the molecule is O=C(N/N=C\c1ccc([N+](=O)[O-])s1)C(=O)Nc1ccccc1Br. The van der Waals surface area contributed by atoms with Crippen molar-refractivity contribution in [2.45, 2.75) is 0 Å². The normalized spacial score (nSPS) is 10.5. The first-order valence-electron chi connectivity index (χ1n) is 6.10. The van der Waals surface area contributed by atoms with Crippen LogP contribution in [0.3, 0.4) is 0 Å². The third-order valence-corrected chi connectivity index (χ3v) is 4.14. The number of nitro groups is 1. The predicted octanol–water partition coefficient (Wildman–Crippen LogP) is 2.51. The molecule has 1 aromatic heterocycles. The number of rotatable bonds is 4. The van der Waals surface area contributed by atoms with E-state index in [9.17, 15) is 19.7 Å². The number of nitrogens with zero attached hydrogens (tertiary/aromatic N) is 2. The maximum atomic E-state index is 11.7.